The third-order valence-corrected chi connectivity index (χ3v) is 6.00. The van der Waals surface area contributed by atoms with Crippen molar-refractivity contribution in [1.82, 2.24) is 4.90 Å². The molecule has 1 saturated heterocycles. The summed E-state index contributed by atoms with van der Waals surface area (Å²) in [5.74, 6) is 1.24. The SMILES string of the molecule is CCCOc1c(Br)cc(C(=O)N2CCN(c3cccc(C)c3C)CC2)cc1OC. The molecule has 29 heavy (non-hydrogen) atoms. The van der Waals surface area contributed by atoms with Crippen molar-refractivity contribution in [3.63, 3.8) is 0 Å². The number of ether oxygens (including phenoxy) is 2. The molecule has 0 unspecified atom stereocenters. The zero-order valence-electron chi connectivity index (χ0n) is 17.6. The summed E-state index contributed by atoms with van der Waals surface area (Å²) in [7, 11) is 1.60. The van der Waals surface area contributed by atoms with E-state index in [1.165, 1.54) is 16.8 Å². The number of hydrogen-bond donors (Lipinski definition) is 0. The van der Waals surface area contributed by atoms with E-state index < -0.39 is 0 Å². The Hall–Kier alpha value is -2.21. The normalized spacial score (nSPS) is 14.1. The maximum absolute atomic E-state index is 13.1. The van der Waals surface area contributed by atoms with E-state index in [0.29, 0.717) is 36.8 Å². The minimum atomic E-state index is 0.0201. The highest BCUT2D eigenvalue weighted by molar-refractivity contribution is 9.10. The van der Waals surface area contributed by atoms with Gasteiger partial charge in [-0.3, -0.25) is 4.79 Å². The van der Waals surface area contributed by atoms with Gasteiger partial charge in [0.1, 0.15) is 0 Å². The number of nitrogens with zero attached hydrogens (tertiary/aromatic N) is 2. The number of methoxy groups -OCH3 is 1. The molecule has 0 atom stereocenters. The summed E-state index contributed by atoms with van der Waals surface area (Å²) in [6, 6.07) is 10.00. The Bertz CT molecular complexity index is 877. The van der Waals surface area contributed by atoms with Gasteiger partial charge >= 0.3 is 0 Å². The van der Waals surface area contributed by atoms with Gasteiger partial charge in [-0.2, -0.15) is 0 Å². The molecule has 6 heteroatoms. The van der Waals surface area contributed by atoms with Crippen LogP contribution >= 0.6 is 15.9 Å². The maximum Gasteiger partial charge on any atom is 0.254 e. The van der Waals surface area contributed by atoms with E-state index in [-0.39, 0.29) is 5.91 Å². The van der Waals surface area contributed by atoms with E-state index in [9.17, 15) is 4.79 Å². The second-order valence-electron chi connectivity index (χ2n) is 7.34. The van der Waals surface area contributed by atoms with E-state index in [0.717, 1.165) is 24.0 Å². The summed E-state index contributed by atoms with van der Waals surface area (Å²) in [6.45, 7) is 9.99. The van der Waals surface area contributed by atoms with Crippen molar-refractivity contribution in [3.8, 4) is 11.5 Å². The summed E-state index contributed by atoms with van der Waals surface area (Å²) in [4.78, 5) is 17.4. The van der Waals surface area contributed by atoms with E-state index in [2.05, 4.69) is 59.8 Å². The average Bonchev–Trinajstić information content (AvgIpc) is 2.74. The summed E-state index contributed by atoms with van der Waals surface area (Å²) in [6.07, 6.45) is 0.904. The Kier molecular flexibility index (Phi) is 7.06. The van der Waals surface area contributed by atoms with Crippen molar-refractivity contribution in [3.05, 3.63) is 51.5 Å². The van der Waals surface area contributed by atoms with Crippen LogP contribution in [-0.4, -0.2) is 50.7 Å². The first kappa shape index (κ1) is 21.5. The molecular formula is C23H29BrN2O3. The van der Waals surface area contributed by atoms with Crippen molar-refractivity contribution in [1.29, 1.82) is 0 Å². The highest BCUT2D eigenvalue weighted by Crippen LogP contribution is 2.37. The highest BCUT2D eigenvalue weighted by Gasteiger charge is 2.25. The summed E-state index contributed by atoms with van der Waals surface area (Å²) >= 11 is 3.53. The van der Waals surface area contributed by atoms with Gasteiger partial charge in [-0.25, -0.2) is 0 Å². The second kappa shape index (κ2) is 9.53. The van der Waals surface area contributed by atoms with Crippen LogP contribution in [0.15, 0.2) is 34.8 Å². The lowest BCUT2D eigenvalue weighted by Gasteiger charge is -2.37. The molecule has 3 rings (SSSR count). The van der Waals surface area contributed by atoms with Gasteiger partial charge in [0.25, 0.3) is 5.91 Å². The molecule has 0 bridgehead atoms. The third kappa shape index (κ3) is 4.69. The van der Waals surface area contributed by atoms with Crippen molar-refractivity contribution >= 4 is 27.5 Å². The predicted molar refractivity (Wildman–Crippen MR) is 121 cm³/mol. The van der Waals surface area contributed by atoms with E-state index in [4.69, 9.17) is 9.47 Å². The van der Waals surface area contributed by atoms with Crippen molar-refractivity contribution in [2.75, 3.05) is 44.8 Å². The van der Waals surface area contributed by atoms with Crippen molar-refractivity contribution < 1.29 is 14.3 Å². The number of amides is 1. The lowest BCUT2D eigenvalue weighted by molar-refractivity contribution is 0.0746. The van der Waals surface area contributed by atoms with Gasteiger partial charge in [-0.1, -0.05) is 19.1 Å². The summed E-state index contributed by atoms with van der Waals surface area (Å²) in [5, 5.41) is 0. The number of anilines is 1. The Morgan fingerprint density at radius 2 is 1.86 bits per heavy atom. The first-order valence-electron chi connectivity index (χ1n) is 10.1. The quantitative estimate of drug-likeness (QED) is 0.619. The molecule has 0 aliphatic carbocycles. The van der Waals surface area contributed by atoms with Crippen LogP contribution < -0.4 is 14.4 Å². The van der Waals surface area contributed by atoms with Gasteiger partial charge in [-0.05, 0) is 65.5 Å². The average molecular weight is 461 g/mol. The van der Waals surface area contributed by atoms with Gasteiger partial charge in [-0.15, -0.1) is 0 Å². The number of aryl methyl sites for hydroxylation is 1. The zero-order valence-corrected chi connectivity index (χ0v) is 19.2. The number of benzene rings is 2. The number of halogens is 1. The molecule has 2 aromatic rings. The number of carbonyl (C=O) groups excluding carboxylic acids is 1. The summed E-state index contributed by atoms with van der Waals surface area (Å²) in [5.41, 5.74) is 4.48. The molecule has 1 amide bonds. The first-order chi connectivity index (χ1) is 14.0. The Labute approximate surface area is 181 Å². The molecule has 5 nitrogen and oxygen atoms in total. The summed E-state index contributed by atoms with van der Waals surface area (Å²) < 4.78 is 12.0. The molecule has 0 radical (unpaired) electrons. The molecule has 1 aliphatic heterocycles. The van der Waals surface area contributed by atoms with Crippen LogP contribution in [0.4, 0.5) is 5.69 Å². The smallest absolute Gasteiger partial charge is 0.254 e. The number of piperazine rings is 1. The molecule has 0 aromatic heterocycles. The lowest BCUT2D eigenvalue weighted by Crippen LogP contribution is -2.49. The van der Waals surface area contributed by atoms with Crippen LogP contribution in [0.5, 0.6) is 11.5 Å². The minimum absolute atomic E-state index is 0.0201. The van der Waals surface area contributed by atoms with Gasteiger partial charge < -0.3 is 19.3 Å². The van der Waals surface area contributed by atoms with Crippen LogP contribution in [-0.2, 0) is 0 Å². The first-order valence-corrected chi connectivity index (χ1v) is 10.9. The Morgan fingerprint density at radius 1 is 1.14 bits per heavy atom. The third-order valence-electron chi connectivity index (χ3n) is 5.41. The maximum atomic E-state index is 13.1. The highest BCUT2D eigenvalue weighted by atomic mass is 79.9. The minimum Gasteiger partial charge on any atom is -0.493 e. The van der Waals surface area contributed by atoms with Gasteiger partial charge in [0.15, 0.2) is 11.5 Å². The molecule has 0 N–H and O–H groups in total. The standard InChI is InChI=1S/C23H29BrN2O3/c1-5-13-29-22-19(24)14-18(15-21(22)28-4)23(27)26-11-9-25(10-12-26)20-8-6-7-16(2)17(20)3/h6-8,14-15H,5,9-13H2,1-4H3. The molecule has 0 saturated carbocycles. The van der Waals surface area contributed by atoms with Gasteiger partial charge in [0, 0.05) is 37.4 Å². The Balaban J connectivity index is 1.72. The zero-order chi connectivity index (χ0) is 21.0. The molecule has 1 heterocycles. The number of carbonyl (C=O) groups is 1. The van der Waals surface area contributed by atoms with Crippen LogP contribution in [0, 0.1) is 13.8 Å². The molecule has 2 aromatic carbocycles. The van der Waals surface area contributed by atoms with Gasteiger partial charge in [0.05, 0.1) is 18.2 Å². The second-order valence-corrected chi connectivity index (χ2v) is 8.19. The molecule has 1 aliphatic rings. The monoisotopic (exact) mass is 460 g/mol. The topological polar surface area (TPSA) is 42.0 Å². The van der Waals surface area contributed by atoms with Crippen LogP contribution in [0.25, 0.3) is 0 Å². The molecule has 0 spiro atoms. The fraction of sp³-hybridized carbons (Fsp3) is 0.435. The van der Waals surface area contributed by atoms with Gasteiger partial charge in [0.2, 0.25) is 0 Å². The van der Waals surface area contributed by atoms with E-state index in [1.54, 1.807) is 13.2 Å². The molecule has 1 fully saturated rings. The van der Waals surface area contributed by atoms with E-state index in [1.807, 2.05) is 11.0 Å². The van der Waals surface area contributed by atoms with E-state index >= 15 is 0 Å². The Morgan fingerprint density at radius 3 is 2.52 bits per heavy atom. The predicted octanol–water partition coefficient (Wildman–Crippen LogP) is 4.83. The lowest BCUT2D eigenvalue weighted by atomic mass is 10.1. The van der Waals surface area contributed by atoms with Crippen molar-refractivity contribution in [2.24, 2.45) is 0 Å². The fourth-order valence-electron chi connectivity index (χ4n) is 3.60. The molecular weight excluding hydrogens is 432 g/mol. The van der Waals surface area contributed by atoms with Crippen LogP contribution in [0.3, 0.4) is 0 Å². The van der Waals surface area contributed by atoms with Crippen LogP contribution in [0.2, 0.25) is 0 Å². The fourth-order valence-corrected chi connectivity index (χ4v) is 4.16. The largest absolute Gasteiger partial charge is 0.493 e. The number of rotatable bonds is 6. The molecule has 156 valence electrons. The number of hydrogen-bond acceptors (Lipinski definition) is 4. The van der Waals surface area contributed by atoms with Crippen molar-refractivity contribution in [2.45, 2.75) is 27.2 Å². The van der Waals surface area contributed by atoms with Crippen LogP contribution in [0.1, 0.15) is 34.8 Å².